The van der Waals surface area contributed by atoms with E-state index in [4.69, 9.17) is 11.6 Å². The third-order valence-electron chi connectivity index (χ3n) is 2.79. The normalized spacial score (nSPS) is 10.3. The van der Waals surface area contributed by atoms with Crippen molar-refractivity contribution >= 4 is 34.5 Å². The minimum Gasteiger partial charge on any atom is -0.375 e. The lowest BCUT2D eigenvalue weighted by atomic mass is 10.3. The van der Waals surface area contributed by atoms with Crippen LogP contribution >= 0.6 is 22.9 Å². The van der Waals surface area contributed by atoms with Crippen LogP contribution in [0.5, 0.6) is 0 Å². The van der Waals surface area contributed by atoms with E-state index in [1.165, 1.54) is 0 Å². The van der Waals surface area contributed by atoms with Crippen molar-refractivity contribution < 1.29 is 4.79 Å². The molecule has 1 aromatic carbocycles. The number of amides is 1. The summed E-state index contributed by atoms with van der Waals surface area (Å²) in [4.78, 5) is 19.0. The van der Waals surface area contributed by atoms with Gasteiger partial charge in [-0.3, -0.25) is 4.79 Å². The van der Waals surface area contributed by atoms with Crippen molar-refractivity contribution in [2.24, 2.45) is 0 Å². The summed E-state index contributed by atoms with van der Waals surface area (Å²) in [5.74, 6) is 0.0102. The second-order valence-electron chi connectivity index (χ2n) is 4.43. The van der Waals surface area contributed by atoms with Crippen LogP contribution in [0.3, 0.4) is 0 Å². The van der Waals surface area contributed by atoms with Crippen LogP contribution in [0.4, 0.5) is 5.69 Å². The van der Waals surface area contributed by atoms with Gasteiger partial charge in [-0.05, 0) is 19.1 Å². The van der Waals surface area contributed by atoms with E-state index >= 15 is 0 Å². The summed E-state index contributed by atoms with van der Waals surface area (Å²) in [6, 6.07) is 7.37. The number of benzene rings is 1. The van der Waals surface area contributed by atoms with Gasteiger partial charge in [0.25, 0.3) is 0 Å². The van der Waals surface area contributed by atoms with Crippen molar-refractivity contribution in [2.75, 3.05) is 18.9 Å². The third-order valence-corrected chi connectivity index (χ3v) is 4.02. The molecule has 0 radical (unpaired) electrons. The number of carbonyl (C=O) groups excluding carboxylic acids is 1. The zero-order valence-electron chi connectivity index (χ0n) is 11.4. The van der Waals surface area contributed by atoms with E-state index in [1.807, 2.05) is 31.3 Å². The van der Waals surface area contributed by atoms with E-state index in [9.17, 15) is 4.79 Å². The first-order valence-corrected chi connectivity index (χ1v) is 7.39. The Kier molecular flexibility index (Phi) is 4.98. The Bertz CT molecular complexity index is 600. The number of aromatic nitrogens is 1. The van der Waals surface area contributed by atoms with Gasteiger partial charge in [0, 0.05) is 18.1 Å². The molecule has 20 heavy (non-hydrogen) atoms. The molecular formula is C14H16ClN3OS. The molecule has 0 aliphatic rings. The van der Waals surface area contributed by atoms with E-state index in [1.54, 1.807) is 29.4 Å². The molecule has 1 aromatic heterocycles. The number of thiazole rings is 1. The number of likely N-dealkylation sites (N-methyl/N-ethyl adjacent to an activating group) is 1. The summed E-state index contributed by atoms with van der Waals surface area (Å²) < 4.78 is 0. The van der Waals surface area contributed by atoms with Gasteiger partial charge in [-0.25, -0.2) is 4.98 Å². The Labute approximate surface area is 127 Å². The average molecular weight is 310 g/mol. The number of para-hydroxylation sites is 1. The number of halogens is 1. The lowest BCUT2D eigenvalue weighted by molar-refractivity contribution is -0.128. The fourth-order valence-electron chi connectivity index (χ4n) is 1.71. The van der Waals surface area contributed by atoms with E-state index in [2.05, 4.69) is 10.3 Å². The maximum atomic E-state index is 12.0. The van der Waals surface area contributed by atoms with Crippen LogP contribution in [0.2, 0.25) is 5.02 Å². The molecular weight excluding hydrogens is 294 g/mol. The summed E-state index contributed by atoms with van der Waals surface area (Å²) in [7, 11) is 1.78. The van der Waals surface area contributed by atoms with Crippen LogP contribution in [0, 0.1) is 6.92 Å². The zero-order chi connectivity index (χ0) is 14.5. The second kappa shape index (κ2) is 6.72. The zero-order valence-corrected chi connectivity index (χ0v) is 13.0. The molecule has 0 fully saturated rings. The van der Waals surface area contributed by atoms with Gasteiger partial charge in [-0.2, -0.15) is 0 Å². The first-order valence-electron chi connectivity index (χ1n) is 6.20. The Morgan fingerprint density at radius 1 is 1.45 bits per heavy atom. The monoisotopic (exact) mass is 309 g/mol. The molecule has 106 valence electrons. The van der Waals surface area contributed by atoms with Gasteiger partial charge in [0.05, 0.1) is 28.8 Å². The number of nitrogens with one attached hydrogen (secondary N) is 1. The number of hydrogen-bond donors (Lipinski definition) is 1. The molecule has 1 heterocycles. The third kappa shape index (κ3) is 3.95. The predicted octanol–water partition coefficient (Wildman–Crippen LogP) is 3.18. The van der Waals surface area contributed by atoms with Gasteiger partial charge in [0.15, 0.2) is 0 Å². The van der Waals surface area contributed by atoms with Crippen molar-refractivity contribution in [3.8, 4) is 0 Å². The molecule has 1 N–H and O–H groups in total. The summed E-state index contributed by atoms with van der Waals surface area (Å²) >= 11 is 7.63. The van der Waals surface area contributed by atoms with Gasteiger partial charge in [-0.1, -0.05) is 23.7 Å². The molecule has 0 aliphatic heterocycles. The molecule has 0 unspecified atom stereocenters. The van der Waals surface area contributed by atoms with Crippen LogP contribution in [-0.4, -0.2) is 29.4 Å². The van der Waals surface area contributed by atoms with Gasteiger partial charge < -0.3 is 10.2 Å². The number of aryl methyl sites for hydroxylation is 1. The molecule has 0 aliphatic carbocycles. The Balaban J connectivity index is 1.87. The SMILES string of the molecule is Cc1ncc(CN(C)C(=O)CNc2ccccc2Cl)s1. The minimum absolute atomic E-state index is 0.0102. The fraction of sp³-hybridized carbons (Fsp3) is 0.286. The first-order chi connectivity index (χ1) is 9.56. The topological polar surface area (TPSA) is 45.2 Å². The fourth-order valence-corrected chi connectivity index (χ4v) is 2.76. The van der Waals surface area contributed by atoms with Gasteiger partial charge in [0.2, 0.25) is 5.91 Å². The highest BCUT2D eigenvalue weighted by atomic mass is 35.5. The molecule has 0 bridgehead atoms. The Hall–Kier alpha value is -1.59. The average Bonchev–Trinajstić information content (AvgIpc) is 2.82. The van der Waals surface area contributed by atoms with Crippen molar-refractivity contribution in [2.45, 2.75) is 13.5 Å². The molecule has 2 aromatic rings. The van der Waals surface area contributed by atoms with Crippen molar-refractivity contribution in [3.05, 3.63) is 45.4 Å². The lowest BCUT2D eigenvalue weighted by Gasteiger charge is -2.17. The van der Waals surface area contributed by atoms with Gasteiger partial charge in [-0.15, -0.1) is 11.3 Å². The molecule has 0 atom stereocenters. The number of rotatable bonds is 5. The largest absolute Gasteiger partial charge is 0.375 e. The van der Waals surface area contributed by atoms with E-state index < -0.39 is 0 Å². The van der Waals surface area contributed by atoms with Crippen LogP contribution < -0.4 is 5.32 Å². The maximum absolute atomic E-state index is 12.0. The van der Waals surface area contributed by atoms with Crippen LogP contribution in [0.15, 0.2) is 30.5 Å². The Morgan fingerprint density at radius 2 is 2.20 bits per heavy atom. The minimum atomic E-state index is 0.0102. The van der Waals surface area contributed by atoms with Crippen molar-refractivity contribution in [1.82, 2.24) is 9.88 Å². The summed E-state index contributed by atoms with van der Waals surface area (Å²) in [6.45, 7) is 2.75. The molecule has 1 amide bonds. The maximum Gasteiger partial charge on any atom is 0.241 e. The molecule has 4 nitrogen and oxygen atoms in total. The standard InChI is InChI=1S/C14H16ClN3OS/c1-10-16-7-11(20-10)9-18(2)14(19)8-17-13-6-4-3-5-12(13)15/h3-7,17H,8-9H2,1-2H3. The summed E-state index contributed by atoms with van der Waals surface area (Å²) in [5.41, 5.74) is 0.768. The first kappa shape index (κ1) is 14.8. The Morgan fingerprint density at radius 3 is 2.85 bits per heavy atom. The molecule has 0 spiro atoms. The van der Waals surface area contributed by atoms with Crippen molar-refractivity contribution in [1.29, 1.82) is 0 Å². The van der Waals surface area contributed by atoms with Gasteiger partial charge >= 0.3 is 0 Å². The van der Waals surface area contributed by atoms with Crippen LogP contribution in [-0.2, 0) is 11.3 Å². The highest BCUT2D eigenvalue weighted by Gasteiger charge is 2.11. The predicted molar refractivity (Wildman–Crippen MR) is 83.3 cm³/mol. The summed E-state index contributed by atoms with van der Waals surface area (Å²) in [6.07, 6.45) is 1.81. The number of hydrogen-bond acceptors (Lipinski definition) is 4. The number of anilines is 1. The smallest absolute Gasteiger partial charge is 0.241 e. The number of carbonyl (C=O) groups is 1. The van der Waals surface area contributed by atoms with E-state index in [0.29, 0.717) is 11.6 Å². The van der Waals surface area contributed by atoms with Crippen LogP contribution in [0.1, 0.15) is 9.88 Å². The molecule has 0 saturated carbocycles. The summed E-state index contributed by atoms with van der Waals surface area (Å²) in [5, 5.41) is 4.67. The van der Waals surface area contributed by atoms with Crippen LogP contribution in [0.25, 0.3) is 0 Å². The van der Waals surface area contributed by atoms with Crippen molar-refractivity contribution in [3.63, 3.8) is 0 Å². The highest BCUT2D eigenvalue weighted by Crippen LogP contribution is 2.20. The van der Waals surface area contributed by atoms with E-state index in [0.717, 1.165) is 15.6 Å². The van der Waals surface area contributed by atoms with Gasteiger partial charge in [0.1, 0.15) is 0 Å². The van der Waals surface area contributed by atoms with E-state index in [-0.39, 0.29) is 12.5 Å². The molecule has 6 heteroatoms. The lowest BCUT2D eigenvalue weighted by Crippen LogP contribution is -2.31. The molecule has 0 saturated heterocycles. The molecule has 2 rings (SSSR count). The second-order valence-corrected chi connectivity index (χ2v) is 6.16. The quantitative estimate of drug-likeness (QED) is 0.922. The highest BCUT2D eigenvalue weighted by molar-refractivity contribution is 7.11. The number of nitrogens with zero attached hydrogens (tertiary/aromatic N) is 2.